The van der Waals surface area contributed by atoms with E-state index in [1.807, 2.05) is 27.7 Å². The van der Waals surface area contributed by atoms with Gasteiger partial charge in [0.2, 0.25) is 29.5 Å². The molecule has 1 aromatic carbocycles. The topological polar surface area (TPSA) is 166 Å². The molecule has 0 saturated carbocycles. The van der Waals surface area contributed by atoms with Gasteiger partial charge in [0.05, 0.1) is 18.0 Å². The first-order valence-electron chi connectivity index (χ1n) is 15.7. The highest BCUT2D eigenvalue weighted by Crippen LogP contribution is 2.20. The summed E-state index contributed by atoms with van der Waals surface area (Å²) in [6, 6.07) is 2.94. The van der Waals surface area contributed by atoms with Crippen LogP contribution in [-0.2, 0) is 24.0 Å². The molecule has 1 fully saturated rings. The summed E-state index contributed by atoms with van der Waals surface area (Å²) in [5.74, 6) is -2.63. The molecule has 0 radical (unpaired) electrons. The van der Waals surface area contributed by atoms with E-state index in [-0.39, 0.29) is 42.2 Å². The van der Waals surface area contributed by atoms with E-state index in [1.54, 1.807) is 36.1 Å². The maximum absolute atomic E-state index is 13.7. The van der Waals surface area contributed by atoms with Gasteiger partial charge in [0.25, 0.3) is 5.91 Å². The predicted molar refractivity (Wildman–Crippen MR) is 167 cm³/mol. The SMILES string of the molecule is CC(C)C[C@H]1C(=O)N[C@H](C(C)C)C(=O)N[C@@H](C)COc2ccccc2C(=O)N[C@H](C(=O)NCCN2CCCC2=O)CC(=O)N1C. The summed E-state index contributed by atoms with van der Waals surface area (Å²) in [6.07, 6.45) is 1.12. The first-order valence-corrected chi connectivity index (χ1v) is 15.7. The van der Waals surface area contributed by atoms with E-state index in [0.29, 0.717) is 25.9 Å². The molecule has 0 unspecified atom stereocenters. The Balaban J connectivity index is 1.94. The van der Waals surface area contributed by atoms with E-state index in [2.05, 4.69) is 21.3 Å². The Morgan fingerprint density at radius 2 is 1.71 bits per heavy atom. The van der Waals surface area contributed by atoms with Gasteiger partial charge in [0.15, 0.2) is 0 Å². The van der Waals surface area contributed by atoms with Gasteiger partial charge in [-0.1, -0.05) is 39.8 Å². The maximum Gasteiger partial charge on any atom is 0.255 e. The number of ether oxygens (including phenoxy) is 1. The number of benzene rings is 1. The number of likely N-dealkylation sites (N-methyl/N-ethyl adjacent to an activating group) is 1. The summed E-state index contributed by atoms with van der Waals surface area (Å²) >= 11 is 0. The van der Waals surface area contributed by atoms with Crippen molar-refractivity contribution in [2.75, 3.05) is 33.3 Å². The van der Waals surface area contributed by atoms with Crippen molar-refractivity contribution in [3.63, 3.8) is 0 Å². The summed E-state index contributed by atoms with van der Waals surface area (Å²) in [5.41, 5.74) is 0.149. The molecule has 13 nitrogen and oxygen atoms in total. The van der Waals surface area contributed by atoms with E-state index in [4.69, 9.17) is 4.74 Å². The van der Waals surface area contributed by atoms with E-state index in [1.165, 1.54) is 11.9 Å². The normalized spacial score (nSPS) is 24.0. The highest BCUT2D eigenvalue weighted by molar-refractivity contribution is 6.01. The number of rotatable bonds is 7. The number of hydrogen-bond acceptors (Lipinski definition) is 7. The van der Waals surface area contributed by atoms with Crippen molar-refractivity contribution < 1.29 is 33.5 Å². The van der Waals surface area contributed by atoms with Crippen molar-refractivity contribution >= 4 is 35.4 Å². The number of nitrogens with one attached hydrogen (secondary N) is 4. The van der Waals surface area contributed by atoms with Crippen LogP contribution < -0.4 is 26.0 Å². The van der Waals surface area contributed by atoms with Crippen molar-refractivity contribution in [1.82, 2.24) is 31.1 Å². The molecule has 0 aromatic heterocycles. The standard InChI is InChI=1S/C32H48N6O7/c1-19(2)16-24-31(43)36-28(20(3)4)32(44)34-21(5)18-45-25-11-8-7-10-22(25)29(41)35-23(17-27(40)37(24)6)30(42)33-13-15-38-14-9-12-26(38)39/h7-8,10-11,19-21,23-24,28H,9,12-18H2,1-6H3,(H,33,42)(H,34,44)(H,35,41)(H,36,43)/t21-,23-,24-,28+/m0/s1. The van der Waals surface area contributed by atoms with Crippen LogP contribution in [-0.4, -0.2) is 103 Å². The quantitative estimate of drug-likeness (QED) is 0.347. The molecule has 2 heterocycles. The summed E-state index contributed by atoms with van der Waals surface area (Å²) in [7, 11) is 1.48. The molecule has 6 amide bonds. The lowest BCUT2D eigenvalue weighted by Gasteiger charge is -2.32. The molecule has 0 bridgehead atoms. The van der Waals surface area contributed by atoms with Crippen molar-refractivity contribution in [2.45, 2.75) is 84.5 Å². The largest absolute Gasteiger partial charge is 0.491 e. The number of fused-ring (bicyclic) bond motifs is 1. The summed E-state index contributed by atoms with van der Waals surface area (Å²) < 4.78 is 5.91. The molecular formula is C32H48N6O7. The molecule has 2 aliphatic rings. The van der Waals surface area contributed by atoms with Gasteiger partial charge < -0.3 is 35.8 Å². The molecule has 45 heavy (non-hydrogen) atoms. The van der Waals surface area contributed by atoms with Gasteiger partial charge in [-0.15, -0.1) is 0 Å². The minimum Gasteiger partial charge on any atom is -0.491 e. The molecule has 1 aromatic rings. The molecule has 0 spiro atoms. The fraction of sp³-hybridized carbons (Fsp3) is 0.625. The van der Waals surface area contributed by atoms with Crippen LogP contribution in [0.1, 0.15) is 70.7 Å². The van der Waals surface area contributed by atoms with Crippen molar-refractivity contribution in [3.8, 4) is 5.75 Å². The third-order valence-electron chi connectivity index (χ3n) is 7.97. The third kappa shape index (κ3) is 9.92. The number of hydrogen-bond donors (Lipinski definition) is 4. The van der Waals surface area contributed by atoms with Gasteiger partial charge >= 0.3 is 0 Å². The van der Waals surface area contributed by atoms with Gasteiger partial charge in [0.1, 0.15) is 30.5 Å². The third-order valence-corrected chi connectivity index (χ3v) is 7.97. The minimum absolute atomic E-state index is 0.0202. The van der Waals surface area contributed by atoms with Gasteiger partial charge in [-0.25, -0.2) is 0 Å². The Morgan fingerprint density at radius 1 is 1.00 bits per heavy atom. The summed E-state index contributed by atoms with van der Waals surface area (Å²) in [4.78, 5) is 82.4. The van der Waals surface area contributed by atoms with Crippen LogP contribution >= 0.6 is 0 Å². The number of carbonyl (C=O) groups is 6. The van der Waals surface area contributed by atoms with Crippen LogP contribution in [0.5, 0.6) is 5.75 Å². The average Bonchev–Trinajstić information content (AvgIpc) is 3.40. The monoisotopic (exact) mass is 628 g/mol. The molecule has 0 aliphatic carbocycles. The molecular weight excluding hydrogens is 580 g/mol. The summed E-state index contributed by atoms with van der Waals surface area (Å²) in [6.45, 7) is 10.3. The Hall–Kier alpha value is -4.16. The number of amides is 6. The van der Waals surface area contributed by atoms with Crippen LogP contribution in [0.15, 0.2) is 24.3 Å². The van der Waals surface area contributed by atoms with Crippen LogP contribution in [0.4, 0.5) is 0 Å². The zero-order chi connectivity index (χ0) is 33.3. The van der Waals surface area contributed by atoms with E-state index in [0.717, 1.165) is 6.42 Å². The highest BCUT2D eigenvalue weighted by atomic mass is 16.5. The van der Waals surface area contributed by atoms with Crippen molar-refractivity contribution in [3.05, 3.63) is 29.8 Å². The molecule has 3 rings (SSSR count). The number of carbonyl (C=O) groups excluding carboxylic acids is 6. The van der Waals surface area contributed by atoms with E-state index >= 15 is 0 Å². The fourth-order valence-corrected chi connectivity index (χ4v) is 5.36. The summed E-state index contributed by atoms with van der Waals surface area (Å²) in [5, 5.41) is 11.1. The highest BCUT2D eigenvalue weighted by Gasteiger charge is 2.35. The number of likely N-dealkylation sites (tertiary alicyclic amines) is 1. The lowest BCUT2D eigenvalue weighted by Crippen LogP contribution is -2.57. The Labute approximate surface area is 265 Å². The molecule has 248 valence electrons. The molecule has 2 aliphatic heterocycles. The smallest absolute Gasteiger partial charge is 0.255 e. The number of para-hydroxylation sites is 1. The van der Waals surface area contributed by atoms with Crippen LogP contribution in [0.25, 0.3) is 0 Å². The molecule has 13 heteroatoms. The second-order valence-electron chi connectivity index (χ2n) is 12.6. The van der Waals surface area contributed by atoms with Crippen LogP contribution in [0.2, 0.25) is 0 Å². The average molecular weight is 629 g/mol. The lowest BCUT2D eigenvalue weighted by molar-refractivity contribution is -0.142. The lowest BCUT2D eigenvalue weighted by atomic mass is 9.98. The minimum atomic E-state index is -1.28. The second kappa shape index (κ2) is 16.2. The number of nitrogens with zero attached hydrogens (tertiary/aromatic N) is 2. The van der Waals surface area contributed by atoms with Crippen molar-refractivity contribution in [2.24, 2.45) is 11.8 Å². The Bertz CT molecular complexity index is 1250. The van der Waals surface area contributed by atoms with Crippen LogP contribution in [0, 0.1) is 11.8 Å². The van der Waals surface area contributed by atoms with E-state index in [9.17, 15) is 28.8 Å². The van der Waals surface area contributed by atoms with E-state index < -0.39 is 60.1 Å². The van der Waals surface area contributed by atoms with Gasteiger partial charge in [-0.2, -0.15) is 0 Å². The first-order chi connectivity index (χ1) is 21.3. The predicted octanol–water partition coefficient (Wildman–Crippen LogP) is 0.825. The maximum atomic E-state index is 13.7. The Morgan fingerprint density at radius 3 is 2.36 bits per heavy atom. The first kappa shape index (κ1) is 35.3. The van der Waals surface area contributed by atoms with Gasteiger partial charge in [0, 0.05) is 33.1 Å². The zero-order valence-corrected chi connectivity index (χ0v) is 27.2. The van der Waals surface area contributed by atoms with Gasteiger partial charge in [-0.05, 0) is 43.7 Å². The van der Waals surface area contributed by atoms with Crippen molar-refractivity contribution in [1.29, 1.82) is 0 Å². The fourth-order valence-electron chi connectivity index (χ4n) is 5.36. The molecule has 4 N–H and O–H groups in total. The Kier molecular flexibility index (Phi) is 12.7. The zero-order valence-electron chi connectivity index (χ0n) is 27.2. The van der Waals surface area contributed by atoms with Crippen LogP contribution in [0.3, 0.4) is 0 Å². The molecule has 1 saturated heterocycles. The van der Waals surface area contributed by atoms with Gasteiger partial charge in [-0.3, -0.25) is 28.8 Å². The molecule has 4 atom stereocenters. The second-order valence-corrected chi connectivity index (χ2v) is 12.6.